The van der Waals surface area contributed by atoms with Crippen LogP contribution < -0.4 is 21.3 Å². The monoisotopic (exact) mass is 297 g/mol. The van der Waals surface area contributed by atoms with Gasteiger partial charge in [0.1, 0.15) is 0 Å². The summed E-state index contributed by atoms with van der Waals surface area (Å²) in [6.07, 6.45) is -0.0199. The van der Waals surface area contributed by atoms with Crippen LogP contribution in [-0.4, -0.2) is 52.6 Å². The smallest absolute Gasteiger partial charge is 0.323 e. The van der Waals surface area contributed by atoms with Crippen LogP contribution in [-0.2, 0) is 0 Å². The number of nitrogen functional groups attached to an aromatic ring is 1. The maximum absolute atomic E-state index is 5.51. The number of hydrogen-bond donors (Lipinski definition) is 3. The van der Waals surface area contributed by atoms with Crippen molar-refractivity contribution in [3.8, 4) is 6.01 Å². The lowest BCUT2D eigenvalue weighted by atomic mass is 10.0. The van der Waals surface area contributed by atoms with Gasteiger partial charge in [0.05, 0.1) is 6.10 Å². The molecule has 1 aromatic heterocycles. The van der Waals surface area contributed by atoms with Crippen LogP contribution >= 0.6 is 0 Å². The van der Waals surface area contributed by atoms with E-state index in [1.165, 1.54) is 0 Å². The Hall–Kier alpha value is -1.67. The quantitative estimate of drug-likeness (QED) is 0.481. The van der Waals surface area contributed by atoms with Gasteiger partial charge in [-0.15, -0.1) is 0 Å². The van der Waals surface area contributed by atoms with Crippen molar-refractivity contribution in [2.75, 3.05) is 31.4 Å². The topological polar surface area (TPSA) is 101 Å². The molecule has 4 N–H and O–H groups in total. The van der Waals surface area contributed by atoms with E-state index in [2.05, 4.69) is 44.4 Å². The summed E-state index contributed by atoms with van der Waals surface area (Å²) in [4.78, 5) is 14.7. The summed E-state index contributed by atoms with van der Waals surface area (Å²) in [7, 11) is 4.06. The first-order chi connectivity index (χ1) is 9.81. The zero-order valence-electron chi connectivity index (χ0n) is 13.7. The third kappa shape index (κ3) is 6.09. The molecule has 0 radical (unpaired) electrons. The first-order valence-corrected chi connectivity index (χ1v) is 7.12. The van der Waals surface area contributed by atoms with Crippen LogP contribution in [0.4, 0.5) is 11.9 Å². The Balaban J connectivity index is 2.93. The van der Waals surface area contributed by atoms with E-state index >= 15 is 0 Å². The number of hydrazine groups is 1. The molecule has 0 spiro atoms. The minimum absolute atomic E-state index is 0.0199. The first-order valence-electron chi connectivity index (χ1n) is 7.12. The van der Waals surface area contributed by atoms with E-state index in [0.717, 1.165) is 6.54 Å². The van der Waals surface area contributed by atoms with Crippen molar-refractivity contribution in [1.82, 2.24) is 19.9 Å². The van der Waals surface area contributed by atoms with Crippen LogP contribution in [0.5, 0.6) is 6.01 Å². The van der Waals surface area contributed by atoms with E-state index in [0.29, 0.717) is 11.9 Å². The Morgan fingerprint density at radius 3 is 2.19 bits per heavy atom. The molecule has 1 aromatic rings. The number of nitrogens with two attached hydrogens (primary N) is 1. The zero-order valence-corrected chi connectivity index (χ0v) is 13.7. The van der Waals surface area contributed by atoms with E-state index in [-0.39, 0.29) is 24.1 Å². The zero-order chi connectivity index (χ0) is 16.0. The van der Waals surface area contributed by atoms with Gasteiger partial charge < -0.3 is 15.0 Å². The van der Waals surface area contributed by atoms with Gasteiger partial charge in [-0.05, 0) is 33.9 Å². The van der Waals surface area contributed by atoms with Crippen LogP contribution in [0.25, 0.3) is 0 Å². The number of hydrogen-bond acceptors (Lipinski definition) is 8. The summed E-state index contributed by atoms with van der Waals surface area (Å²) in [5.41, 5.74) is 2.43. The third-order valence-electron chi connectivity index (χ3n) is 2.77. The van der Waals surface area contributed by atoms with Crippen molar-refractivity contribution >= 4 is 11.9 Å². The second-order valence-electron chi connectivity index (χ2n) is 5.83. The molecule has 0 bridgehead atoms. The molecule has 21 heavy (non-hydrogen) atoms. The summed E-state index contributed by atoms with van der Waals surface area (Å²) in [5, 5.41) is 3.32. The number of ether oxygens (including phenoxy) is 1. The standard InChI is InChI=1S/C13H27N7O/c1-8(2)10(7-20(5)6)15-11-16-12(19-14)18-13(17-11)21-9(3)4/h8-10H,7,14H2,1-6H3,(H2,15,16,17,18,19). The highest BCUT2D eigenvalue weighted by Gasteiger charge is 2.17. The molecular weight excluding hydrogens is 270 g/mol. The molecule has 8 heteroatoms. The number of anilines is 2. The molecule has 0 aliphatic carbocycles. The Bertz CT molecular complexity index is 437. The predicted molar refractivity (Wildman–Crippen MR) is 84.2 cm³/mol. The molecule has 0 aromatic carbocycles. The Labute approximate surface area is 126 Å². The second kappa shape index (κ2) is 7.94. The second-order valence-corrected chi connectivity index (χ2v) is 5.83. The highest BCUT2D eigenvalue weighted by Crippen LogP contribution is 2.15. The molecule has 1 rings (SSSR count). The van der Waals surface area contributed by atoms with Gasteiger partial charge >= 0.3 is 6.01 Å². The molecule has 0 amide bonds. The van der Waals surface area contributed by atoms with E-state index in [9.17, 15) is 0 Å². The summed E-state index contributed by atoms with van der Waals surface area (Å²) >= 11 is 0. The molecule has 0 aliphatic rings. The first kappa shape index (κ1) is 17.4. The number of rotatable bonds is 8. The Kier molecular flexibility index (Phi) is 6.57. The molecule has 1 atom stereocenters. The van der Waals surface area contributed by atoms with E-state index < -0.39 is 0 Å². The number of nitrogens with one attached hydrogen (secondary N) is 2. The van der Waals surface area contributed by atoms with Gasteiger partial charge in [-0.3, -0.25) is 5.43 Å². The Morgan fingerprint density at radius 1 is 1.10 bits per heavy atom. The lowest BCUT2D eigenvalue weighted by Gasteiger charge is -2.25. The fourth-order valence-electron chi connectivity index (χ4n) is 1.73. The summed E-state index contributed by atoms with van der Waals surface area (Å²) in [5.74, 6) is 6.55. The maximum atomic E-state index is 5.51. The predicted octanol–water partition coefficient (Wildman–Crippen LogP) is 0.943. The van der Waals surface area contributed by atoms with Crippen molar-refractivity contribution in [3.63, 3.8) is 0 Å². The summed E-state index contributed by atoms with van der Waals surface area (Å²) < 4.78 is 5.51. The molecule has 120 valence electrons. The number of aromatic nitrogens is 3. The SMILES string of the molecule is CC(C)Oc1nc(NN)nc(NC(CN(C)C)C(C)C)n1. The van der Waals surface area contributed by atoms with Gasteiger partial charge in [-0.25, -0.2) is 5.84 Å². The largest absolute Gasteiger partial charge is 0.461 e. The minimum atomic E-state index is -0.0199. The van der Waals surface area contributed by atoms with Gasteiger partial charge in [0.15, 0.2) is 0 Å². The molecule has 0 saturated carbocycles. The van der Waals surface area contributed by atoms with Gasteiger partial charge in [-0.1, -0.05) is 13.8 Å². The molecule has 1 unspecified atom stereocenters. The molecule has 0 fully saturated rings. The van der Waals surface area contributed by atoms with Crippen LogP contribution in [0.15, 0.2) is 0 Å². The number of nitrogens with zero attached hydrogens (tertiary/aromatic N) is 4. The summed E-state index contributed by atoms with van der Waals surface area (Å²) in [6, 6.07) is 0.461. The van der Waals surface area contributed by atoms with Crippen LogP contribution in [0.3, 0.4) is 0 Å². The Morgan fingerprint density at radius 2 is 1.71 bits per heavy atom. The van der Waals surface area contributed by atoms with Gasteiger partial charge in [-0.2, -0.15) is 15.0 Å². The summed E-state index contributed by atoms with van der Waals surface area (Å²) in [6.45, 7) is 8.99. The average molecular weight is 297 g/mol. The molecular formula is C13H27N7O. The fourth-order valence-corrected chi connectivity index (χ4v) is 1.73. The van der Waals surface area contributed by atoms with Gasteiger partial charge in [0, 0.05) is 12.6 Å². The van der Waals surface area contributed by atoms with E-state index in [4.69, 9.17) is 10.6 Å². The average Bonchev–Trinajstić information content (AvgIpc) is 2.36. The highest BCUT2D eigenvalue weighted by atomic mass is 16.5. The lowest BCUT2D eigenvalue weighted by molar-refractivity contribution is 0.222. The van der Waals surface area contributed by atoms with E-state index in [1.54, 1.807) is 0 Å². The highest BCUT2D eigenvalue weighted by molar-refractivity contribution is 5.36. The van der Waals surface area contributed by atoms with E-state index in [1.807, 2.05) is 27.9 Å². The number of likely N-dealkylation sites (N-methyl/N-ethyl adjacent to an activating group) is 1. The molecule has 1 heterocycles. The minimum Gasteiger partial charge on any atom is -0.461 e. The van der Waals surface area contributed by atoms with Crippen LogP contribution in [0, 0.1) is 5.92 Å². The van der Waals surface area contributed by atoms with Crippen molar-refractivity contribution in [1.29, 1.82) is 0 Å². The van der Waals surface area contributed by atoms with Gasteiger partial charge in [0.25, 0.3) is 0 Å². The van der Waals surface area contributed by atoms with Crippen molar-refractivity contribution in [2.45, 2.75) is 39.8 Å². The molecule has 8 nitrogen and oxygen atoms in total. The molecule has 0 saturated heterocycles. The fraction of sp³-hybridized carbons (Fsp3) is 0.769. The van der Waals surface area contributed by atoms with Crippen molar-refractivity contribution in [3.05, 3.63) is 0 Å². The normalized spacial score (nSPS) is 12.9. The van der Waals surface area contributed by atoms with Gasteiger partial charge in [0.2, 0.25) is 11.9 Å². The lowest BCUT2D eigenvalue weighted by Crippen LogP contribution is -2.37. The third-order valence-corrected chi connectivity index (χ3v) is 2.77. The van der Waals surface area contributed by atoms with Crippen LogP contribution in [0.1, 0.15) is 27.7 Å². The maximum Gasteiger partial charge on any atom is 0.323 e. The van der Waals surface area contributed by atoms with Crippen molar-refractivity contribution < 1.29 is 4.74 Å². The van der Waals surface area contributed by atoms with Crippen LogP contribution in [0.2, 0.25) is 0 Å². The van der Waals surface area contributed by atoms with Crippen molar-refractivity contribution in [2.24, 2.45) is 11.8 Å². The molecule has 0 aliphatic heterocycles.